The molecule has 1 atom stereocenters. The van der Waals surface area contributed by atoms with Crippen molar-refractivity contribution in [3.8, 4) is 0 Å². The molecule has 1 aliphatic heterocycles. The van der Waals surface area contributed by atoms with Crippen LogP contribution in [0.5, 0.6) is 0 Å². The fraction of sp³-hybridized carbons (Fsp3) is 0.346. The lowest BCUT2D eigenvalue weighted by Crippen LogP contribution is -2.40. The number of aryl methyl sites for hydroxylation is 3. The lowest BCUT2D eigenvalue weighted by molar-refractivity contribution is 0.457. The molecule has 3 heterocycles. The Morgan fingerprint density at radius 1 is 1.00 bits per heavy atom. The average Bonchev–Trinajstić information content (AvgIpc) is 3.20. The van der Waals surface area contributed by atoms with Gasteiger partial charge < -0.3 is 9.47 Å². The van der Waals surface area contributed by atoms with Crippen molar-refractivity contribution in [1.82, 2.24) is 18.7 Å². The number of para-hydroxylation sites is 1. The molecular formula is C26H29N5O2. The summed E-state index contributed by atoms with van der Waals surface area (Å²) in [5, 5.41) is 0. The number of aromatic nitrogens is 4. The Balaban J connectivity index is 1.59. The Labute approximate surface area is 192 Å². The predicted octanol–water partition coefficient (Wildman–Crippen LogP) is 3.63. The van der Waals surface area contributed by atoms with Gasteiger partial charge in [0.15, 0.2) is 11.2 Å². The zero-order chi connectivity index (χ0) is 23.1. The Morgan fingerprint density at radius 3 is 2.48 bits per heavy atom. The first-order valence-electron chi connectivity index (χ1n) is 11.5. The van der Waals surface area contributed by atoms with E-state index in [4.69, 9.17) is 4.98 Å². The highest BCUT2D eigenvalue weighted by molar-refractivity contribution is 5.77. The second kappa shape index (κ2) is 8.39. The van der Waals surface area contributed by atoms with E-state index in [1.165, 1.54) is 14.7 Å². The lowest BCUT2D eigenvalue weighted by atomic mass is 10.1. The molecule has 0 fully saturated rings. The molecule has 0 saturated carbocycles. The number of hydrogen-bond acceptors (Lipinski definition) is 4. The molecule has 1 unspecified atom stereocenters. The van der Waals surface area contributed by atoms with Crippen LogP contribution in [0, 0.1) is 12.8 Å². The third kappa shape index (κ3) is 3.67. The van der Waals surface area contributed by atoms with Gasteiger partial charge in [0.25, 0.3) is 5.56 Å². The van der Waals surface area contributed by atoms with Crippen molar-refractivity contribution < 1.29 is 0 Å². The highest BCUT2D eigenvalue weighted by Crippen LogP contribution is 2.34. The maximum Gasteiger partial charge on any atom is 0.332 e. The molecule has 7 nitrogen and oxygen atoms in total. The molecular weight excluding hydrogens is 414 g/mol. The molecule has 0 spiro atoms. The minimum Gasteiger partial charge on any atom is -0.311 e. The van der Waals surface area contributed by atoms with Crippen LogP contribution in [0.25, 0.3) is 11.2 Å². The van der Waals surface area contributed by atoms with Crippen LogP contribution in [-0.2, 0) is 26.6 Å². The molecule has 0 saturated heterocycles. The number of fused-ring (bicyclic) bond motifs is 3. The van der Waals surface area contributed by atoms with Gasteiger partial charge in [-0.1, -0.05) is 55.5 Å². The minimum atomic E-state index is -0.313. The van der Waals surface area contributed by atoms with Crippen molar-refractivity contribution in [1.29, 1.82) is 0 Å². The normalized spacial score (nSPS) is 15.7. The van der Waals surface area contributed by atoms with E-state index in [0.717, 1.165) is 36.6 Å². The van der Waals surface area contributed by atoms with Crippen molar-refractivity contribution >= 4 is 22.8 Å². The maximum absolute atomic E-state index is 13.6. The Hall–Kier alpha value is -3.61. The topological polar surface area (TPSA) is 65.1 Å². The van der Waals surface area contributed by atoms with E-state index >= 15 is 0 Å². The smallest absolute Gasteiger partial charge is 0.311 e. The minimum absolute atomic E-state index is 0.251. The monoisotopic (exact) mass is 443 g/mol. The van der Waals surface area contributed by atoms with Crippen LogP contribution in [0.2, 0.25) is 0 Å². The third-order valence-electron chi connectivity index (χ3n) is 6.54. The molecule has 0 radical (unpaired) electrons. The van der Waals surface area contributed by atoms with Gasteiger partial charge in [-0.25, -0.2) is 4.79 Å². The van der Waals surface area contributed by atoms with Crippen molar-refractivity contribution in [2.24, 2.45) is 13.0 Å². The largest absolute Gasteiger partial charge is 0.332 e. The number of nitrogens with zero attached hydrogens (tertiary/aromatic N) is 5. The van der Waals surface area contributed by atoms with Crippen LogP contribution in [0.4, 0.5) is 11.6 Å². The first-order valence-corrected chi connectivity index (χ1v) is 11.5. The van der Waals surface area contributed by atoms with Gasteiger partial charge in [-0.05, 0) is 42.9 Å². The molecule has 0 bridgehead atoms. The van der Waals surface area contributed by atoms with Crippen LogP contribution >= 0.6 is 0 Å². The summed E-state index contributed by atoms with van der Waals surface area (Å²) in [6, 6.07) is 18.3. The summed E-state index contributed by atoms with van der Waals surface area (Å²) in [6.45, 7) is 6.16. The summed E-state index contributed by atoms with van der Waals surface area (Å²) in [4.78, 5) is 33.6. The summed E-state index contributed by atoms with van der Waals surface area (Å²) in [7, 11) is 1.71. The highest BCUT2D eigenvalue weighted by Gasteiger charge is 2.30. The maximum atomic E-state index is 13.6. The van der Waals surface area contributed by atoms with Gasteiger partial charge in [0.1, 0.15) is 0 Å². The fourth-order valence-corrected chi connectivity index (χ4v) is 4.86. The van der Waals surface area contributed by atoms with Gasteiger partial charge in [0.05, 0.1) is 0 Å². The molecule has 170 valence electrons. The van der Waals surface area contributed by atoms with Crippen LogP contribution in [0.15, 0.2) is 64.2 Å². The molecule has 7 heteroatoms. The zero-order valence-electron chi connectivity index (χ0n) is 19.4. The molecule has 5 rings (SSSR count). The highest BCUT2D eigenvalue weighted by atomic mass is 16.2. The van der Waals surface area contributed by atoms with Crippen LogP contribution in [-0.4, -0.2) is 25.2 Å². The summed E-state index contributed by atoms with van der Waals surface area (Å²) in [6.07, 6.45) is 1.54. The summed E-state index contributed by atoms with van der Waals surface area (Å²) >= 11 is 0. The van der Waals surface area contributed by atoms with Crippen LogP contribution in [0.1, 0.15) is 24.5 Å². The second-order valence-electron chi connectivity index (χ2n) is 9.08. The van der Waals surface area contributed by atoms with E-state index in [1.807, 2.05) is 34.9 Å². The van der Waals surface area contributed by atoms with E-state index in [2.05, 4.69) is 43.0 Å². The Bertz CT molecular complexity index is 1430. The fourth-order valence-electron chi connectivity index (χ4n) is 4.86. The molecule has 0 aliphatic carbocycles. The Kier molecular flexibility index (Phi) is 5.40. The van der Waals surface area contributed by atoms with Gasteiger partial charge in [-0.15, -0.1) is 0 Å². The van der Waals surface area contributed by atoms with E-state index in [-0.39, 0.29) is 11.2 Å². The Morgan fingerprint density at radius 2 is 1.73 bits per heavy atom. The van der Waals surface area contributed by atoms with E-state index in [1.54, 1.807) is 7.05 Å². The zero-order valence-corrected chi connectivity index (χ0v) is 19.4. The van der Waals surface area contributed by atoms with Crippen molar-refractivity contribution in [3.63, 3.8) is 0 Å². The van der Waals surface area contributed by atoms with Gasteiger partial charge in [-0.3, -0.25) is 13.9 Å². The second-order valence-corrected chi connectivity index (χ2v) is 9.08. The molecule has 2 aromatic heterocycles. The molecule has 0 amide bonds. The summed E-state index contributed by atoms with van der Waals surface area (Å²) < 4.78 is 4.90. The number of anilines is 2. The van der Waals surface area contributed by atoms with Gasteiger partial charge >= 0.3 is 5.69 Å². The average molecular weight is 444 g/mol. The first kappa shape index (κ1) is 21.2. The van der Waals surface area contributed by atoms with Crippen molar-refractivity contribution in [3.05, 3.63) is 86.6 Å². The third-order valence-corrected chi connectivity index (χ3v) is 6.54. The van der Waals surface area contributed by atoms with Gasteiger partial charge in [0.2, 0.25) is 5.95 Å². The molecule has 4 aromatic rings. The SMILES string of the molecule is Cc1ccccc1N1CC(C)Cn2c1nc1c2c(=O)n(CCCc2ccccc2)c(=O)n1C. The lowest BCUT2D eigenvalue weighted by Gasteiger charge is -2.33. The number of imidazole rings is 1. The molecule has 2 aromatic carbocycles. The quantitative estimate of drug-likeness (QED) is 0.473. The number of benzene rings is 2. The van der Waals surface area contributed by atoms with Crippen LogP contribution in [0.3, 0.4) is 0 Å². The standard InChI is InChI=1S/C26H29N5O2/c1-18-16-30(21-14-8-7-10-19(21)2)25-27-23-22(31(25)17-18)24(32)29(26(33)28(23)3)15-9-13-20-11-5-4-6-12-20/h4-8,10-12,14,18H,9,13,15-17H2,1-3H3. The molecule has 1 aliphatic rings. The molecule has 0 N–H and O–H groups in total. The summed E-state index contributed by atoms with van der Waals surface area (Å²) in [5.41, 5.74) is 3.83. The van der Waals surface area contributed by atoms with E-state index < -0.39 is 0 Å². The number of rotatable bonds is 5. The van der Waals surface area contributed by atoms with Gasteiger partial charge in [-0.2, -0.15) is 4.98 Å². The first-order chi connectivity index (χ1) is 16.0. The predicted molar refractivity (Wildman–Crippen MR) is 131 cm³/mol. The summed E-state index contributed by atoms with van der Waals surface area (Å²) in [5.74, 6) is 1.06. The van der Waals surface area contributed by atoms with Crippen molar-refractivity contribution in [2.75, 3.05) is 11.4 Å². The van der Waals surface area contributed by atoms with Gasteiger partial charge in [0, 0.05) is 32.4 Å². The molecule has 33 heavy (non-hydrogen) atoms. The van der Waals surface area contributed by atoms with Crippen molar-refractivity contribution in [2.45, 2.75) is 39.8 Å². The van der Waals surface area contributed by atoms with E-state index in [9.17, 15) is 9.59 Å². The van der Waals surface area contributed by atoms with E-state index in [0.29, 0.717) is 30.2 Å². The van der Waals surface area contributed by atoms with Crippen LogP contribution < -0.4 is 16.1 Å². The number of hydrogen-bond donors (Lipinski definition) is 0.